The first kappa shape index (κ1) is 21.0. The summed E-state index contributed by atoms with van der Waals surface area (Å²) in [5.74, 6) is -0.237. The fourth-order valence-corrected chi connectivity index (χ4v) is 3.21. The number of carbonyl (C=O) groups is 2. The molecular weight excluding hydrogens is 373 g/mol. The number of nitrogens with one attached hydrogen (secondary N) is 1. The topological polar surface area (TPSA) is 75.4 Å². The summed E-state index contributed by atoms with van der Waals surface area (Å²) >= 11 is 11.9. The average Bonchev–Trinajstić information content (AvgIpc) is 2.93. The Bertz CT molecular complexity index is 576. The molecule has 0 spiro atoms. The van der Waals surface area contributed by atoms with Crippen LogP contribution in [0.15, 0.2) is 18.2 Å². The highest BCUT2D eigenvalue weighted by atomic mass is 35.5. The molecule has 8 heteroatoms. The van der Waals surface area contributed by atoms with Crippen molar-refractivity contribution in [3.8, 4) is 0 Å². The van der Waals surface area contributed by atoms with Crippen LogP contribution < -0.4 is 11.1 Å². The Labute approximate surface area is 158 Å². The van der Waals surface area contributed by atoms with Crippen LogP contribution in [-0.4, -0.2) is 35.3 Å². The van der Waals surface area contributed by atoms with Gasteiger partial charge in [0.05, 0.1) is 0 Å². The van der Waals surface area contributed by atoms with Crippen LogP contribution in [0.1, 0.15) is 32.6 Å². The summed E-state index contributed by atoms with van der Waals surface area (Å²) in [5.41, 5.74) is 6.22. The number of nitrogens with two attached hydrogens (primary N) is 1. The highest BCUT2D eigenvalue weighted by Crippen LogP contribution is 2.25. The number of anilines is 1. The molecule has 0 aromatic heterocycles. The lowest BCUT2D eigenvalue weighted by Crippen LogP contribution is -2.43. The summed E-state index contributed by atoms with van der Waals surface area (Å²) in [6, 6.07) is 4.37. The normalized spacial score (nSPS) is 18.0. The Kier molecular flexibility index (Phi) is 8.30. The number of likely N-dealkylation sites (tertiary alicyclic amines) is 1. The number of rotatable bonds is 5. The Morgan fingerprint density at radius 2 is 1.96 bits per heavy atom. The third-order valence-corrected chi connectivity index (χ3v) is 4.26. The zero-order valence-electron chi connectivity index (χ0n) is 13.4. The maximum absolute atomic E-state index is 12.5. The molecule has 1 heterocycles. The summed E-state index contributed by atoms with van der Waals surface area (Å²) < 4.78 is 0. The van der Waals surface area contributed by atoms with Crippen LogP contribution in [0.25, 0.3) is 0 Å². The molecule has 24 heavy (non-hydrogen) atoms. The number of hydrogen-bond acceptors (Lipinski definition) is 3. The smallest absolute Gasteiger partial charge is 0.247 e. The summed E-state index contributed by atoms with van der Waals surface area (Å²) in [6.07, 6.45) is 2.46. The van der Waals surface area contributed by atoms with Gasteiger partial charge in [-0.1, -0.05) is 23.2 Å². The van der Waals surface area contributed by atoms with Gasteiger partial charge in [-0.25, -0.2) is 0 Å². The molecule has 3 N–H and O–H groups in total. The van der Waals surface area contributed by atoms with Crippen molar-refractivity contribution in [1.29, 1.82) is 0 Å². The van der Waals surface area contributed by atoms with E-state index in [0.717, 1.165) is 6.42 Å². The van der Waals surface area contributed by atoms with Crippen molar-refractivity contribution >= 4 is 53.1 Å². The van der Waals surface area contributed by atoms with E-state index in [9.17, 15) is 9.59 Å². The molecule has 2 unspecified atom stereocenters. The summed E-state index contributed by atoms with van der Waals surface area (Å²) in [6.45, 7) is 2.47. The minimum absolute atomic E-state index is 0. The van der Waals surface area contributed by atoms with Gasteiger partial charge in [0.2, 0.25) is 11.8 Å². The highest BCUT2D eigenvalue weighted by Gasteiger charge is 2.33. The summed E-state index contributed by atoms with van der Waals surface area (Å²) in [7, 11) is 0. The van der Waals surface area contributed by atoms with Crippen molar-refractivity contribution in [3.05, 3.63) is 28.2 Å². The predicted molar refractivity (Wildman–Crippen MR) is 100.0 cm³/mol. The van der Waals surface area contributed by atoms with Gasteiger partial charge in [0.25, 0.3) is 0 Å². The van der Waals surface area contributed by atoms with Crippen LogP contribution in [0.2, 0.25) is 10.0 Å². The monoisotopic (exact) mass is 393 g/mol. The quantitative estimate of drug-likeness (QED) is 0.803. The lowest BCUT2D eigenvalue weighted by Gasteiger charge is -2.24. The predicted octanol–water partition coefficient (Wildman–Crippen LogP) is 3.47. The molecule has 1 aromatic carbocycles. The molecule has 1 saturated heterocycles. The van der Waals surface area contributed by atoms with E-state index in [0.29, 0.717) is 41.5 Å². The van der Waals surface area contributed by atoms with E-state index in [1.807, 2.05) is 6.92 Å². The van der Waals surface area contributed by atoms with E-state index >= 15 is 0 Å². The second-order valence-corrected chi connectivity index (χ2v) is 6.78. The molecular formula is C16H22Cl3N3O2. The SMILES string of the molecule is CC(N)CCC(=O)N1CCCC1C(=O)Nc1cc(Cl)cc(Cl)c1.Cl. The van der Waals surface area contributed by atoms with Crippen molar-refractivity contribution in [2.75, 3.05) is 11.9 Å². The second kappa shape index (κ2) is 9.47. The average molecular weight is 395 g/mol. The third-order valence-electron chi connectivity index (χ3n) is 3.82. The Hall–Kier alpha value is -1.01. The van der Waals surface area contributed by atoms with E-state index in [4.69, 9.17) is 28.9 Å². The van der Waals surface area contributed by atoms with E-state index in [1.54, 1.807) is 23.1 Å². The maximum Gasteiger partial charge on any atom is 0.247 e. The van der Waals surface area contributed by atoms with Gasteiger partial charge in [0.15, 0.2) is 0 Å². The lowest BCUT2D eigenvalue weighted by atomic mass is 10.1. The highest BCUT2D eigenvalue weighted by molar-refractivity contribution is 6.35. The molecule has 0 aliphatic carbocycles. The van der Waals surface area contributed by atoms with Crippen LogP contribution in [0, 0.1) is 0 Å². The minimum atomic E-state index is -0.451. The molecule has 5 nitrogen and oxygen atoms in total. The molecule has 0 radical (unpaired) electrons. The molecule has 1 aliphatic rings. The number of halogens is 3. The van der Waals surface area contributed by atoms with Gasteiger partial charge in [-0.05, 0) is 44.4 Å². The molecule has 0 bridgehead atoms. The van der Waals surface area contributed by atoms with Crippen molar-refractivity contribution < 1.29 is 9.59 Å². The van der Waals surface area contributed by atoms with Crippen LogP contribution in [0.4, 0.5) is 5.69 Å². The first-order valence-electron chi connectivity index (χ1n) is 7.69. The van der Waals surface area contributed by atoms with Gasteiger partial charge in [0.1, 0.15) is 6.04 Å². The molecule has 2 amide bonds. The van der Waals surface area contributed by atoms with Crippen LogP contribution in [-0.2, 0) is 9.59 Å². The van der Waals surface area contributed by atoms with Crippen molar-refractivity contribution in [2.45, 2.75) is 44.7 Å². The fourth-order valence-electron chi connectivity index (χ4n) is 2.68. The second-order valence-electron chi connectivity index (χ2n) is 5.91. The first-order valence-corrected chi connectivity index (χ1v) is 8.44. The minimum Gasteiger partial charge on any atom is -0.331 e. The van der Waals surface area contributed by atoms with Gasteiger partial charge < -0.3 is 16.0 Å². The van der Waals surface area contributed by atoms with Gasteiger partial charge in [-0.15, -0.1) is 12.4 Å². The zero-order valence-corrected chi connectivity index (χ0v) is 15.8. The first-order chi connectivity index (χ1) is 10.9. The van der Waals surface area contributed by atoms with Gasteiger partial charge >= 0.3 is 0 Å². The summed E-state index contributed by atoms with van der Waals surface area (Å²) in [4.78, 5) is 26.4. The molecule has 134 valence electrons. The molecule has 0 saturated carbocycles. The molecule has 2 atom stereocenters. The van der Waals surface area contributed by atoms with E-state index in [1.165, 1.54) is 0 Å². The molecule has 1 aromatic rings. The standard InChI is InChI=1S/C16H21Cl2N3O2.ClH/c1-10(19)4-5-15(22)21-6-2-3-14(21)16(23)20-13-8-11(17)7-12(18)9-13;/h7-10,14H,2-6,19H2,1H3,(H,20,23);1H. The van der Waals surface area contributed by atoms with E-state index in [-0.39, 0.29) is 30.3 Å². The Morgan fingerprint density at radius 3 is 2.54 bits per heavy atom. The van der Waals surface area contributed by atoms with Crippen LogP contribution >= 0.6 is 35.6 Å². The van der Waals surface area contributed by atoms with Gasteiger partial charge in [0, 0.05) is 34.7 Å². The number of carbonyl (C=O) groups excluding carboxylic acids is 2. The Balaban J connectivity index is 0.00000288. The van der Waals surface area contributed by atoms with Crippen LogP contribution in [0.3, 0.4) is 0 Å². The van der Waals surface area contributed by atoms with Crippen LogP contribution in [0.5, 0.6) is 0 Å². The van der Waals surface area contributed by atoms with Gasteiger partial charge in [-0.3, -0.25) is 9.59 Å². The molecule has 2 rings (SSSR count). The van der Waals surface area contributed by atoms with E-state index in [2.05, 4.69) is 5.32 Å². The van der Waals surface area contributed by atoms with E-state index < -0.39 is 6.04 Å². The lowest BCUT2D eigenvalue weighted by molar-refractivity contribution is -0.136. The number of hydrogen-bond donors (Lipinski definition) is 2. The number of benzene rings is 1. The molecule has 1 fully saturated rings. The third kappa shape index (κ3) is 5.81. The summed E-state index contributed by atoms with van der Waals surface area (Å²) in [5, 5.41) is 3.69. The number of nitrogens with zero attached hydrogens (tertiary/aromatic N) is 1. The molecule has 1 aliphatic heterocycles. The Morgan fingerprint density at radius 1 is 1.33 bits per heavy atom. The fraction of sp³-hybridized carbons (Fsp3) is 0.500. The largest absolute Gasteiger partial charge is 0.331 e. The number of amides is 2. The van der Waals surface area contributed by atoms with Crippen molar-refractivity contribution in [2.24, 2.45) is 5.73 Å². The van der Waals surface area contributed by atoms with Crippen molar-refractivity contribution in [3.63, 3.8) is 0 Å². The maximum atomic E-state index is 12.5. The zero-order chi connectivity index (χ0) is 17.0. The van der Waals surface area contributed by atoms with Gasteiger partial charge in [-0.2, -0.15) is 0 Å². The van der Waals surface area contributed by atoms with Crippen molar-refractivity contribution in [1.82, 2.24) is 4.90 Å².